The molecule has 1 N–H and O–H groups in total. The molecule has 0 spiro atoms. The Morgan fingerprint density at radius 3 is 2.25 bits per heavy atom. The zero-order valence-corrected chi connectivity index (χ0v) is 9.45. The lowest BCUT2D eigenvalue weighted by atomic mass is 10.4. The second-order valence-corrected chi connectivity index (χ2v) is 5.17. The van der Waals surface area contributed by atoms with Gasteiger partial charge in [-0.1, -0.05) is 18.2 Å². The Morgan fingerprint density at radius 1 is 1.19 bits per heavy atom. The average Bonchev–Trinajstić information content (AvgIpc) is 2.16. The Hall–Kier alpha value is -1.69. The predicted octanol–water partition coefficient (Wildman–Crippen LogP) is 0.123. The summed E-state index contributed by atoms with van der Waals surface area (Å²) < 4.78 is 23.3. The van der Waals surface area contributed by atoms with Crippen molar-refractivity contribution in [2.75, 3.05) is 5.75 Å². The molecule has 1 aromatic rings. The molecule has 0 unspecified atom stereocenters. The Bertz CT molecular complexity index is 493. The highest BCUT2D eigenvalue weighted by molar-refractivity contribution is 7.92. The first kappa shape index (κ1) is 12.4. The van der Waals surface area contributed by atoms with Crippen molar-refractivity contribution in [1.82, 2.24) is 5.32 Å². The van der Waals surface area contributed by atoms with Gasteiger partial charge in [-0.15, -0.1) is 0 Å². The summed E-state index contributed by atoms with van der Waals surface area (Å²) in [4.78, 5) is 21.7. The SMILES string of the molecule is CC(=O)NC(=O)CS(=O)(=O)c1ccccc1. The number of amides is 2. The highest BCUT2D eigenvalue weighted by atomic mass is 32.2. The molecular weight excluding hydrogens is 230 g/mol. The number of rotatable bonds is 3. The van der Waals surface area contributed by atoms with Crippen LogP contribution in [0.2, 0.25) is 0 Å². The normalized spacial score (nSPS) is 10.8. The largest absolute Gasteiger partial charge is 0.296 e. The molecule has 1 aromatic carbocycles. The maximum atomic E-state index is 11.7. The summed E-state index contributed by atoms with van der Waals surface area (Å²) in [6.45, 7) is 1.15. The molecule has 16 heavy (non-hydrogen) atoms. The molecule has 0 bridgehead atoms. The van der Waals surface area contributed by atoms with Crippen LogP contribution in [0, 0.1) is 0 Å². The van der Waals surface area contributed by atoms with Crippen molar-refractivity contribution in [1.29, 1.82) is 0 Å². The second-order valence-electron chi connectivity index (χ2n) is 3.18. The molecular formula is C10H11NO4S. The van der Waals surface area contributed by atoms with Gasteiger partial charge in [-0.3, -0.25) is 14.9 Å². The second kappa shape index (κ2) is 4.89. The number of carbonyl (C=O) groups is 2. The van der Waals surface area contributed by atoms with Crippen LogP contribution in [-0.2, 0) is 19.4 Å². The summed E-state index contributed by atoms with van der Waals surface area (Å²) in [6.07, 6.45) is 0. The van der Waals surface area contributed by atoms with Crippen LogP contribution >= 0.6 is 0 Å². The first-order valence-corrected chi connectivity index (χ1v) is 6.15. The molecule has 0 saturated heterocycles. The van der Waals surface area contributed by atoms with E-state index in [1.54, 1.807) is 18.2 Å². The summed E-state index contributed by atoms with van der Waals surface area (Å²) in [5, 5.41) is 1.91. The number of hydrogen-bond acceptors (Lipinski definition) is 4. The molecule has 0 aliphatic carbocycles. The first-order valence-electron chi connectivity index (χ1n) is 4.50. The van der Waals surface area contributed by atoms with Gasteiger partial charge in [0.2, 0.25) is 11.8 Å². The Morgan fingerprint density at radius 2 is 1.75 bits per heavy atom. The molecule has 0 aliphatic rings. The van der Waals surface area contributed by atoms with Gasteiger partial charge in [-0.05, 0) is 12.1 Å². The third-order valence-electron chi connectivity index (χ3n) is 1.74. The molecule has 0 fully saturated rings. The van der Waals surface area contributed by atoms with Crippen molar-refractivity contribution in [3.63, 3.8) is 0 Å². The van der Waals surface area contributed by atoms with Crippen LogP contribution in [0.15, 0.2) is 35.2 Å². The number of carbonyl (C=O) groups excluding carboxylic acids is 2. The van der Waals surface area contributed by atoms with E-state index in [-0.39, 0.29) is 4.90 Å². The molecule has 0 saturated carbocycles. The zero-order chi connectivity index (χ0) is 12.2. The van der Waals surface area contributed by atoms with E-state index >= 15 is 0 Å². The Kier molecular flexibility index (Phi) is 3.78. The Balaban J connectivity index is 2.81. The highest BCUT2D eigenvalue weighted by Crippen LogP contribution is 2.09. The lowest BCUT2D eigenvalue weighted by Crippen LogP contribution is -2.33. The molecule has 0 heterocycles. The molecule has 5 nitrogen and oxygen atoms in total. The van der Waals surface area contributed by atoms with Crippen molar-refractivity contribution in [2.45, 2.75) is 11.8 Å². The summed E-state index contributed by atoms with van der Waals surface area (Å²) in [6, 6.07) is 7.60. The fourth-order valence-corrected chi connectivity index (χ4v) is 2.27. The average molecular weight is 241 g/mol. The Labute approximate surface area is 93.4 Å². The van der Waals surface area contributed by atoms with Crippen LogP contribution in [0.25, 0.3) is 0 Å². The van der Waals surface area contributed by atoms with E-state index < -0.39 is 27.4 Å². The quantitative estimate of drug-likeness (QED) is 0.815. The maximum absolute atomic E-state index is 11.7. The minimum atomic E-state index is -3.67. The van der Waals surface area contributed by atoms with E-state index in [0.29, 0.717) is 0 Å². The van der Waals surface area contributed by atoms with Gasteiger partial charge in [0.15, 0.2) is 9.84 Å². The van der Waals surface area contributed by atoms with Crippen molar-refractivity contribution in [3.05, 3.63) is 30.3 Å². The van der Waals surface area contributed by atoms with Crippen molar-refractivity contribution in [3.8, 4) is 0 Å². The monoisotopic (exact) mass is 241 g/mol. The zero-order valence-electron chi connectivity index (χ0n) is 8.64. The molecule has 2 amide bonds. The van der Waals surface area contributed by atoms with Crippen molar-refractivity contribution in [2.24, 2.45) is 0 Å². The summed E-state index contributed by atoms with van der Waals surface area (Å²) in [5.74, 6) is -2.12. The smallest absolute Gasteiger partial charge is 0.242 e. The van der Waals surface area contributed by atoms with E-state index in [1.165, 1.54) is 12.1 Å². The summed E-state index contributed by atoms with van der Waals surface area (Å²) in [7, 11) is -3.67. The lowest BCUT2D eigenvalue weighted by Gasteiger charge is -2.03. The van der Waals surface area contributed by atoms with Gasteiger partial charge < -0.3 is 0 Å². The summed E-state index contributed by atoms with van der Waals surface area (Å²) >= 11 is 0. The molecule has 1 rings (SSSR count). The van der Waals surface area contributed by atoms with E-state index in [2.05, 4.69) is 0 Å². The van der Waals surface area contributed by atoms with Crippen LogP contribution in [0.5, 0.6) is 0 Å². The van der Waals surface area contributed by atoms with E-state index in [0.717, 1.165) is 6.92 Å². The molecule has 0 aliphatic heterocycles. The third-order valence-corrected chi connectivity index (χ3v) is 3.37. The lowest BCUT2D eigenvalue weighted by molar-refractivity contribution is -0.127. The third kappa shape index (κ3) is 3.47. The van der Waals surface area contributed by atoms with Crippen molar-refractivity contribution >= 4 is 21.7 Å². The predicted molar refractivity (Wildman–Crippen MR) is 57.3 cm³/mol. The first-order chi connectivity index (χ1) is 7.42. The van der Waals surface area contributed by atoms with Gasteiger partial charge in [0.05, 0.1) is 4.90 Å². The van der Waals surface area contributed by atoms with Crippen LogP contribution in [0.1, 0.15) is 6.92 Å². The van der Waals surface area contributed by atoms with Crippen molar-refractivity contribution < 1.29 is 18.0 Å². The van der Waals surface area contributed by atoms with Gasteiger partial charge in [0, 0.05) is 6.92 Å². The van der Waals surface area contributed by atoms with E-state index in [4.69, 9.17) is 0 Å². The van der Waals surface area contributed by atoms with Crippen LogP contribution in [-0.4, -0.2) is 26.0 Å². The minimum Gasteiger partial charge on any atom is -0.296 e. The number of benzene rings is 1. The fourth-order valence-electron chi connectivity index (χ4n) is 1.12. The van der Waals surface area contributed by atoms with Gasteiger partial charge >= 0.3 is 0 Å². The molecule has 0 aromatic heterocycles. The van der Waals surface area contributed by atoms with Gasteiger partial charge in [0.1, 0.15) is 5.75 Å². The highest BCUT2D eigenvalue weighted by Gasteiger charge is 2.19. The maximum Gasteiger partial charge on any atom is 0.242 e. The van der Waals surface area contributed by atoms with Gasteiger partial charge in [0.25, 0.3) is 0 Å². The summed E-state index contributed by atoms with van der Waals surface area (Å²) in [5.41, 5.74) is 0. The van der Waals surface area contributed by atoms with E-state index in [1.807, 2.05) is 5.32 Å². The van der Waals surface area contributed by atoms with Crippen LogP contribution in [0.4, 0.5) is 0 Å². The van der Waals surface area contributed by atoms with Gasteiger partial charge in [-0.25, -0.2) is 8.42 Å². The number of imide groups is 1. The number of hydrogen-bond donors (Lipinski definition) is 1. The molecule has 86 valence electrons. The minimum absolute atomic E-state index is 0.0636. The van der Waals surface area contributed by atoms with E-state index in [9.17, 15) is 18.0 Å². The standard InChI is InChI=1S/C10H11NO4S/c1-8(12)11-10(13)7-16(14,15)9-5-3-2-4-6-9/h2-6H,7H2,1H3,(H,11,12,13). The molecule has 6 heteroatoms. The van der Waals surface area contributed by atoms with Crippen LogP contribution < -0.4 is 5.32 Å². The molecule has 0 atom stereocenters. The topological polar surface area (TPSA) is 80.3 Å². The molecule has 0 radical (unpaired) electrons. The van der Waals surface area contributed by atoms with Gasteiger partial charge in [-0.2, -0.15) is 0 Å². The van der Waals surface area contributed by atoms with Crippen LogP contribution in [0.3, 0.4) is 0 Å². The number of nitrogens with one attached hydrogen (secondary N) is 1. The fraction of sp³-hybridized carbons (Fsp3) is 0.200. The number of sulfone groups is 1.